The van der Waals surface area contributed by atoms with Gasteiger partial charge in [0.15, 0.2) is 0 Å². The van der Waals surface area contributed by atoms with Crippen molar-refractivity contribution in [3.8, 4) is 6.07 Å². The molecular formula is C12H16N2O2. The molecule has 2 unspecified atom stereocenters. The molecule has 1 aromatic rings. The van der Waals surface area contributed by atoms with Crippen molar-refractivity contribution in [2.24, 2.45) is 0 Å². The van der Waals surface area contributed by atoms with Crippen LogP contribution in [0, 0.1) is 11.3 Å². The fourth-order valence-electron chi connectivity index (χ4n) is 1.52. The van der Waals surface area contributed by atoms with Crippen molar-refractivity contribution < 1.29 is 10.2 Å². The molecule has 86 valence electrons. The average Bonchev–Trinajstić information content (AvgIpc) is 2.29. The van der Waals surface area contributed by atoms with Crippen molar-refractivity contribution in [3.63, 3.8) is 0 Å². The van der Waals surface area contributed by atoms with Crippen LogP contribution in [0.25, 0.3) is 0 Å². The van der Waals surface area contributed by atoms with Crippen molar-refractivity contribution in [2.75, 3.05) is 7.05 Å². The van der Waals surface area contributed by atoms with Gasteiger partial charge in [-0.2, -0.15) is 5.26 Å². The maximum absolute atomic E-state index is 9.79. The molecule has 0 saturated carbocycles. The van der Waals surface area contributed by atoms with Crippen LogP contribution in [-0.2, 0) is 6.54 Å². The number of benzene rings is 1. The van der Waals surface area contributed by atoms with Gasteiger partial charge in [0.1, 0.15) is 6.10 Å². The van der Waals surface area contributed by atoms with Crippen LogP contribution in [0.3, 0.4) is 0 Å². The van der Waals surface area contributed by atoms with Crippen LogP contribution < -0.4 is 5.32 Å². The lowest BCUT2D eigenvalue weighted by molar-refractivity contribution is 0.0216. The van der Waals surface area contributed by atoms with Crippen LogP contribution >= 0.6 is 0 Å². The Bertz CT molecular complexity index is 374. The van der Waals surface area contributed by atoms with E-state index in [2.05, 4.69) is 5.32 Å². The summed E-state index contributed by atoms with van der Waals surface area (Å²) < 4.78 is 0. The van der Waals surface area contributed by atoms with Gasteiger partial charge in [-0.3, -0.25) is 0 Å². The highest BCUT2D eigenvalue weighted by Gasteiger charge is 2.17. The van der Waals surface area contributed by atoms with E-state index in [4.69, 9.17) is 5.26 Å². The molecule has 0 saturated heterocycles. The van der Waals surface area contributed by atoms with Crippen LogP contribution in [0.15, 0.2) is 24.3 Å². The molecule has 1 aromatic carbocycles. The molecule has 0 aliphatic heterocycles. The third kappa shape index (κ3) is 3.31. The van der Waals surface area contributed by atoms with Crippen molar-refractivity contribution in [1.82, 2.24) is 5.32 Å². The van der Waals surface area contributed by atoms with Gasteiger partial charge >= 0.3 is 0 Å². The summed E-state index contributed by atoms with van der Waals surface area (Å²) in [5, 5.41) is 30.7. The quantitative estimate of drug-likeness (QED) is 0.683. The van der Waals surface area contributed by atoms with Gasteiger partial charge in [-0.15, -0.1) is 0 Å². The van der Waals surface area contributed by atoms with E-state index < -0.39 is 12.2 Å². The van der Waals surface area contributed by atoms with Crippen molar-refractivity contribution in [1.29, 1.82) is 5.26 Å². The molecule has 16 heavy (non-hydrogen) atoms. The molecule has 0 radical (unpaired) electrons. The van der Waals surface area contributed by atoms with E-state index in [0.717, 1.165) is 5.56 Å². The molecule has 0 aliphatic rings. The number of nitrogens with one attached hydrogen (secondary N) is 1. The number of hydrogen-bond donors (Lipinski definition) is 3. The first-order valence-corrected chi connectivity index (χ1v) is 5.15. The SMILES string of the molecule is CNCc1cccc(C(O)C(O)CC#N)c1. The number of nitriles is 1. The first kappa shape index (κ1) is 12.7. The second kappa shape index (κ2) is 6.23. The number of hydrogen-bond acceptors (Lipinski definition) is 4. The molecule has 2 atom stereocenters. The van der Waals surface area contributed by atoms with Gasteiger partial charge in [-0.1, -0.05) is 24.3 Å². The highest BCUT2D eigenvalue weighted by molar-refractivity contribution is 5.25. The molecule has 0 spiro atoms. The number of nitrogens with zero attached hydrogens (tertiary/aromatic N) is 1. The minimum atomic E-state index is -1.03. The largest absolute Gasteiger partial charge is 0.389 e. The second-order valence-electron chi connectivity index (χ2n) is 3.65. The first-order valence-electron chi connectivity index (χ1n) is 5.15. The predicted octanol–water partition coefficient (Wildman–Crippen LogP) is 0.714. The van der Waals surface area contributed by atoms with Gasteiger partial charge in [-0.05, 0) is 18.2 Å². The maximum Gasteiger partial charge on any atom is 0.106 e. The Morgan fingerprint density at radius 2 is 2.19 bits per heavy atom. The molecule has 0 amide bonds. The molecule has 0 bridgehead atoms. The van der Waals surface area contributed by atoms with Crippen LogP contribution in [0.2, 0.25) is 0 Å². The molecular weight excluding hydrogens is 204 g/mol. The van der Waals surface area contributed by atoms with Crippen LogP contribution in [0.1, 0.15) is 23.7 Å². The Hall–Kier alpha value is -1.41. The normalized spacial score (nSPS) is 14.1. The molecule has 0 fully saturated rings. The summed E-state index contributed by atoms with van der Waals surface area (Å²) in [5.41, 5.74) is 1.67. The summed E-state index contributed by atoms with van der Waals surface area (Å²) >= 11 is 0. The van der Waals surface area contributed by atoms with Crippen molar-refractivity contribution in [3.05, 3.63) is 35.4 Å². The molecule has 1 rings (SSSR count). The predicted molar refractivity (Wildman–Crippen MR) is 60.4 cm³/mol. The number of aliphatic hydroxyl groups excluding tert-OH is 2. The zero-order chi connectivity index (χ0) is 12.0. The topological polar surface area (TPSA) is 76.3 Å². The third-order valence-corrected chi connectivity index (χ3v) is 2.34. The van der Waals surface area contributed by atoms with E-state index in [-0.39, 0.29) is 6.42 Å². The molecule has 0 aromatic heterocycles. The zero-order valence-corrected chi connectivity index (χ0v) is 9.22. The summed E-state index contributed by atoms with van der Waals surface area (Å²) in [7, 11) is 1.84. The fraction of sp³-hybridized carbons (Fsp3) is 0.417. The summed E-state index contributed by atoms with van der Waals surface area (Å²) in [6.45, 7) is 0.703. The summed E-state index contributed by atoms with van der Waals surface area (Å²) in [6, 6.07) is 9.15. The minimum Gasteiger partial charge on any atom is -0.389 e. The van der Waals surface area contributed by atoms with E-state index in [9.17, 15) is 10.2 Å². The summed E-state index contributed by atoms with van der Waals surface area (Å²) in [5.74, 6) is 0. The van der Waals surface area contributed by atoms with E-state index in [1.165, 1.54) is 0 Å². The van der Waals surface area contributed by atoms with E-state index in [1.54, 1.807) is 6.07 Å². The highest BCUT2D eigenvalue weighted by Crippen LogP contribution is 2.19. The number of aliphatic hydroxyl groups is 2. The molecule has 4 heteroatoms. The van der Waals surface area contributed by atoms with Crippen LogP contribution in [0.5, 0.6) is 0 Å². The summed E-state index contributed by atoms with van der Waals surface area (Å²) in [6.07, 6.45) is -2.11. The van der Waals surface area contributed by atoms with Gasteiger partial charge in [-0.25, -0.2) is 0 Å². The summed E-state index contributed by atoms with van der Waals surface area (Å²) in [4.78, 5) is 0. The van der Waals surface area contributed by atoms with Crippen LogP contribution in [0.4, 0.5) is 0 Å². The Labute approximate surface area is 95.2 Å². The smallest absolute Gasteiger partial charge is 0.106 e. The Kier molecular flexibility index (Phi) is 4.93. The van der Waals surface area contributed by atoms with E-state index in [0.29, 0.717) is 12.1 Å². The van der Waals surface area contributed by atoms with Gasteiger partial charge in [0.05, 0.1) is 18.6 Å². The number of rotatable bonds is 5. The minimum absolute atomic E-state index is 0.0720. The monoisotopic (exact) mass is 220 g/mol. The van der Waals surface area contributed by atoms with Gasteiger partial charge < -0.3 is 15.5 Å². The van der Waals surface area contributed by atoms with Gasteiger partial charge in [0, 0.05) is 6.54 Å². The molecule has 4 nitrogen and oxygen atoms in total. The highest BCUT2D eigenvalue weighted by atomic mass is 16.3. The zero-order valence-electron chi connectivity index (χ0n) is 9.22. The Balaban J connectivity index is 2.79. The van der Waals surface area contributed by atoms with E-state index in [1.807, 2.05) is 31.3 Å². The van der Waals surface area contributed by atoms with Gasteiger partial charge in [0.2, 0.25) is 0 Å². The van der Waals surface area contributed by atoms with Crippen molar-refractivity contribution in [2.45, 2.75) is 25.2 Å². The fourth-order valence-corrected chi connectivity index (χ4v) is 1.52. The lowest BCUT2D eigenvalue weighted by Crippen LogP contribution is -2.17. The Morgan fingerprint density at radius 3 is 2.81 bits per heavy atom. The third-order valence-electron chi connectivity index (χ3n) is 2.34. The standard InChI is InChI=1S/C12H16N2O2/c1-14-8-9-3-2-4-10(7-9)12(16)11(15)5-6-13/h2-4,7,11-12,14-16H,5,8H2,1H3. The molecule has 0 aliphatic carbocycles. The lowest BCUT2D eigenvalue weighted by atomic mass is 10.0. The van der Waals surface area contributed by atoms with Crippen LogP contribution in [-0.4, -0.2) is 23.4 Å². The van der Waals surface area contributed by atoms with E-state index >= 15 is 0 Å². The lowest BCUT2D eigenvalue weighted by Gasteiger charge is -2.16. The maximum atomic E-state index is 9.79. The van der Waals surface area contributed by atoms with Gasteiger partial charge in [0.25, 0.3) is 0 Å². The first-order chi connectivity index (χ1) is 7.69. The average molecular weight is 220 g/mol. The molecule has 0 heterocycles. The van der Waals surface area contributed by atoms with Crippen molar-refractivity contribution >= 4 is 0 Å². The molecule has 3 N–H and O–H groups in total. The Morgan fingerprint density at radius 1 is 1.44 bits per heavy atom. The second-order valence-corrected chi connectivity index (χ2v) is 3.65.